The van der Waals surface area contributed by atoms with Gasteiger partial charge in [0.15, 0.2) is 9.84 Å². The Bertz CT molecular complexity index is 2120. The highest BCUT2D eigenvalue weighted by molar-refractivity contribution is 7.99. The molecule has 2 amide bonds. The van der Waals surface area contributed by atoms with Crippen molar-refractivity contribution >= 4 is 44.2 Å². The van der Waals surface area contributed by atoms with Gasteiger partial charge in [-0.2, -0.15) is 11.8 Å². The highest BCUT2D eigenvalue weighted by atomic mass is 32.2. The third kappa shape index (κ3) is 35.3. The largest absolute Gasteiger partial charge is 0.378 e. The van der Waals surface area contributed by atoms with Gasteiger partial charge in [0.2, 0.25) is 11.8 Å². The van der Waals surface area contributed by atoms with Gasteiger partial charge in [-0.05, 0) is 178 Å². The average molecular weight is 1500 g/mol. The molecule has 0 aliphatic carbocycles. The van der Waals surface area contributed by atoms with Crippen molar-refractivity contribution in [2.45, 2.75) is 337 Å². The van der Waals surface area contributed by atoms with Gasteiger partial charge in [-0.3, -0.25) is 53.0 Å². The van der Waals surface area contributed by atoms with E-state index in [4.69, 9.17) is 4.74 Å². The van der Waals surface area contributed by atoms with Gasteiger partial charge in [-0.25, -0.2) is 8.42 Å². The Morgan fingerprint density at radius 1 is 0.441 bits per heavy atom. The highest BCUT2D eigenvalue weighted by Crippen LogP contribution is 2.28. The molecule has 0 spiro atoms. The van der Waals surface area contributed by atoms with E-state index in [2.05, 4.69) is 283 Å². The Kier molecular flexibility index (Phi) is 48.5. The lowest BCUT2D eigenvalue weighted by Gasteiger charge is -2.43. The van der Waals surface area contributed by atoms with Gasteiger partial charge in [0.05, 0.1) is 37.8 Å². The van der Waals surface area contributed by atoms with Gasteiger partial charge in [-0.15, -0.1) is 0 Å². The molecular weight excluding hydrogens is 1330 g/mol. The number of hydrogen-bond acceptors (Lipinski definition) is 16. The number of carbonyl (C=O) groups excluding carboxylic acids is 2. The minimum atomic E-state index is -2.79. The normalized spacial score (nSPS) is 27.3. The van der Waals surface area contributed by atoms with Gasteiger partial charge >= 0.3 is 0 Å². The molecule has 0 bridgehead atoms. The SMILES string of the molecule is CC(C)[C@@H]1CCCCN1C(C)C.CC(C)[C@@H]1CN(C)C(=O)CN1C(C)C.CC(C)[C@@H]1CNC(=O)CN1C(C)C.CC(C)[C@@H]1CNCCN1C(C)C.CC(C)[C@@H]1COCCN1C(C)C.CC(C)[C@@H]1CS(=O)(=O)CCN1C(C)C.CC(C)[C@@H]1CS(=O)CCN1C(C)C.CC(C)[C@@H]1CSCCN1C(C)C. The number of nitrogens with zero attached hydrogens (tertiary/aromatic N) is 9. The number of carbonyl (C=O) groups is 2. The molecule has 2 N–H and O–H groups in total. The molecule has 0 aromatic carbocycles. The van der Waals surface area contributed by atoms with E-state index in [-0.39, 0.29) is 17.9 Å². The van der Waals surface area contributed by atoms with Crippen LogP contribution in [0.15, 0.2) is 0 Å². The molecule has 8 aliphatic rings. The molecule has 0 aromatic rings. The molecule has 0 aromatic heterocycles. The standard InChI is InChI=1S/C11H22N2O.C11H23N.C10H20N2O.C10H22N2.C10H21NO2S.C10H21NOS.C10H21NO.C10H21NS/c1-8(2)10-6-12(5)11(14)7-13(10)9(3)4;1-9(2)11-7-5-6-8-12(11)10(3)4;1-7(2)9-5-11-10(13)6-12(9)8(3)4;1-8(2)10-7-11-5-6-12(10)9(3)4;1-8(2)10-7-14(12,13)6-5-11(10)9(3)4;1-8(2)10-7-13(12)6-5-11(10)9(3)4;2*1-8(2)10-7-12-6-5-11(10)9(3)4/h8-10H,6-7H2,1-5H3;9-11H,5-8H2,1-4H3;7-9H,5-6H2,1-4H3,(H,11,13);8-11H,5-7H2,1-4H3;8-10H,5-7H2,1-4H3;8-10H,5-7H2,1-4H3;2*8-10H,5-7H2,1-4H3/t10-;11-;9-;2*10-;10-,13?;2*10-/m00000000/s1. The number of rotatable bonds is 16. The Balaban J connectivity index is 0.000000583. The summed E-state index contributed by atoms with van der Waals surface area (Å²) in [5.41, 5.74) is 0. The zero-order valence-electron chi connectivity index (χ0n) is 72.8. The number of nitrogens with one attached hydrogen (secondary N) is 2. The maximum atomic E-state index is 11.6. The minimum absolute atomic E-state index is 0.158. The number of morpholine rings is 1. The van der Waals surface area contributed by atoms with Crippen molar-refractivity contribution in [3.05, 3.63) is 0 Å². The van der Waals surface area contributed by atoms with Crippen molar-refractivity contribution in [1.29, 1.82) is 0 Å². The summed E-state index contributed by atoms with van der Waals surface area (Å²) in [5.74, 6) is 10.8. The quantitative estimate of drug-likeness (QED) is 0.151. The fraction of sp³-hybridized carbons (Fsp3) is 0.976. The Morgan fingerprint density at radius 3 is 1.29 bits per heavy atom. The van der Waals surface area contributed by atoms with E-state index in [0.29, 0.717) is 121 Å². The highest BCUT2D eigenvalue weighted by Gasteiger charge is 2.37. The van der Waals surface area contributed by atoms with Crippen LogP contribution in [0.5, 0.6) is 0 Å². The minimum Gasteiger partial charge on any atom is -0.378 e. The Morgan fingerprint density at radius 2 is 0.863 bits per heavy atom. The molecule has 8 fully saturated rings. The maximum absolute atomic E-state index is 11.6. The second-order valence-corrected chi connectivity index (χ2v) is 40.9. The summed E-state index contributed by atoms with van der Waals surface area (Å²) in [6.45, 7) is 85.3. The lowest BCUT2D eigenvalue weighted by molar-refractivity contribution is -0.139. The van der Waals surface area contributed by atoms with Crippen molar-refractivity contribution in [1.82, 2.24) is 54.7 Å². The van der Waals surface area contributed by atoms with E-state index in [1.165, 1.54) is 50.4 Å². The van der Waals surface area contributed by atoms with Gasteiger partial charge < -0.3 is 20.3 Å². The fourth-order valence-electron chi connectivity index (χ4n) is 16.0. The van der Waals surface area contributed by atoms with Gasteiger partial charge in [0.25, 0.3) is 0 Å². The lowest BCUT2D eigenvalue weighted by atomic mass is 9.92. The predicted octanol–water partition coefficient (Wildman–Crippen LogP) is 13.1. The molecule has 0 radical (unpaired) electrons. The second kappa shape index (κ2) is 50.0. The van der Waals surface area contributed by atoms with E-state index < -0.39 is 20.6 Å². The Hall–Kier alpha value is -1.01. The number of sulfone groups is 1. The third-order valence-electron chi connectivity index (χ3n) is 22.6. The fourth-order valence-corrected chi connectivity index (χ4v) is 20.6. The molecule has 8 heterocycles. The summed E-state index contributed by atoms with van der Waals surface area (Å²) in [7, 11) is -1.46. The van der Waals surface area contributed by atoms with Crippen LogP contribution in [-0.4, -0.2) is 299 Å². The summed E-state index contributed by atoms with van der Waals surface area (Å²) in [6.07, 6.45) is 4.25. The molecule has 17 nitrogen and oxygen atoms in total. The maximum Gasteiger partial charge on any atom is 0.236 e. The lowest BCUT2D eigenvalue weighted by Crippen LogP contribution is -2.58. The van der Waals surface area contributed by atoms with Gasteiger partial charge in [0.1, 0.15) is 0 Å². The van der Waals surface area contributed by atoms with Crippen LogP contribution in [-0.2, 0) is 35.0 Å². The van der Waals surface area contributed by atoms with Crippen LogP contribution in [0, 0.1) is 47.3 Å². The van der Waals surface area contributed by atoms with Crippen molar-refractivity contribution in [3.63, 3.8) is 0 Å². The van der Waals surface area contributed by atoms with Crippen molar-refractivity contribution in [2.24, 2.45) is 47.3 Å². The average Bonchev–Trinajstić information content (AvgIpc) is 0.819. The molecule has 608 valence electrons. The zero-order valence-corrected chi connectivity index (χ0v) is 75.3. The molecule has 20 heteroatoms. The summed E-state index contributed by atoms with van der Waals surface area (Å²) in [5, 5.41) is 6.38. The summed E-state index contributed by atoms with van der Waals surface area (Å²) in [4.78, 5) is 44.5. The van der Waals surface area contributed by atoms with E-state index >= 15 is 0 Å². The summed E-state index contributed by atoms with van der Waals surface area (Å²) >= 11 is 2.11. The van der Waals surface area contributed by atoms with Crippen LogP contribution < -0.4 is 10.6 Å². The molecule has 1 unspecified atom stereocenters. The number of thioether (sulfide) groups is 1. The van der Waals surface area contributed by atoms with E-state index in [9.17, 15) is 22.2 Å². The van der Waals surface area contributed by atoms with Crippen LogP contribution in [0.2, 0.25) is 0 Å². The first-order valence-corrected chi connectivity index (χ1v) is 45.8. The summed E-state index contributed by atoms with van der Waals surface area (Å²) in [6, 6.07) is 9.50. The van der Waals surface area contributed by atoms with E-state index in [1.54, 1.807) is 0 Å². The molecule has 0 saturated carbocycles. The first-order valence-electron chi connectivity index (χ1n) is 41.3. The van der Waals surface area contributed by atoms with Crippen LogP contribution in [0.25, 0.3) is 0 Å². The van der Waals surface area contributed by atoms with Crippen LogP contribution >= 0.6 is 11.8 Å². The number of ether oxygens (including phenoxy) is 1. The predicted molar refractivity (Wildman–Crippen MR) is 446 cm³/mol. The number of hydrogen-bond donors (Lipinski definition) is 2. The topological polar surface area (TPSA) is 148 Å². The van der Waals surface area contributed by atoms with Crippen LogP contribution in [0.4, 0.5) is 0 Å². The smallest absolute Gasteiger partial charge is 0.236 e. The molecule has 8 aliphatic heterocycles. The number of likely N-dealkylation sites (N-methyl/N-ethyl adjacent to an activating group) is 1. The number of likely N-dealkylation sites (tertiary alicyclic amines) is 1. The molecule has 9 atom stereocenters. The van der Waals surface area contributed by atoms with Crippen molar-refractivity contribution < 1.29 is 27.0 Å². The van der Waals surface area contributed by atoms with Gasteiger partial charge in [0, 0.05) is 196 Å². The van der Waals surface area contributed by atoms with E-state index in [0.717, 1.165) is 112 Å². The molecule has 8 saturated heterocycles. The molecule has 8 rings (SSSR count). The van der Waals surface area contributed by atoms with Crippen LogP contribution in [0.3, 0.4) is 0 Å². The third-order valence-corrected chi connectivity index (χ3v) is 26.6. The van der Waals surface area contributed by atoms with Crippen LogP contribution in [0.1, 0.15) is 241 Å². The number of amides is 2. The number of piperidine rings is 1. The number of piperazine rings is 3. The molecule has 102 heavy (non-hydrogen) atoms. The zero-order chi connectivity index (χ0) is 78.4. The summed E-state index contributed by atoms with van der Waals surface area (Å²) < 4.78 is 39.9. The first-order chi connectivity index (χ1) is 47.3. The first kappa shape index (κ1) is 99.0. The van der Waals surface area contributed by atoms with Gasteiger partial charge in [-0.1, -0.05) is 117 Å². The molecular formula is C82H171N11O6S3. The van der Waals surface area contributed by atoms with Crippen molar-refractivity contribution in [3.8, 4) is 0 Å². The van der Waals surface area contributed by atoms with Crippen molar-refractivity contribution in [2.75, 3.05) is 133 Å². The monoisotopic (exact) mass is 1500 g/mol. The second-order valence-electron chi connectivity index (χ2n) is 35.9. The Labute approximate surface area is 640 Å². The van der Waals surface area contributed by atoms with E-state index in [1.807, 2.05) is 11.9 Å².